The molecule has 13 nitrogen and oxygen atoms in total. The molecule has 44 heavy (non-hydrogen) atoms. The fraction of sp³-hybridized carbons (Fsp3) is 0.500. The Hall–Kier alpha value is -4.46. The zero-order chi connectivity index (χ0) is 30.7. The normalized spacial score (nSPS) is 24.0. The number of nitrogens with one attached hydrogen (secondary N) is 1. The number of hydrogen-bond acceptors (Lipinski definition) is 10. The lowest BCUT2D eigenvalue weighted by Gasteiger charge is -2.56. The predicted octanol–water partition coefficient (Wildman–Crippen LogP) is 0.687. The van der Waals surface area contributed by atoms with E-state index in [1.54, 1.807) is 12.1 Å². The summed E-state index contributed by atoms with van der Waals surface area (Å²) in [6, 6.07) is 5.36. The van der Waals surface area contributed by atoms with Gasteiger partial charge >= 0.3 is 0 Å². The number of carbonyl (C=O) groups is 5. The van der Waals surface area contributed by atoms with Crippen molar-refractivity contribution >= 4 is 41.0 Å². The van der Waals surface area contributed by atoms with E-state index in [-0.39, 0.29) is 35.1 Å². The molecule has 0 bridgehead atoms. The van der Waals surface area contributed by atoms with E-state index in [2.05, 4.69) is 25.3 Å². The third-order valence-electron chi connectivity index (χ3n) is 10.1. The van der Waals surface area contributed by atoms with E-state index < -0.39 is 41.4 Å². The summed E-state index contributed by atoms with van der Waals surface area (Å²) in [6.45, 7) is 4.76. The minimum absolute atomic E-state index is 0.0271. The minimum Gasteiger partial charge on any atom is -0.369 e. The largest absolute Gasteiger partial charge is 0.369 e. The van der Waals surface area contributed by atoms with Crippen molar-refractivity contribution in [3.05, 3.63) is 46.9 Å². The van der Waals surface area contributed by atoms with Crippen molar-refractivity contribution in [2.45, 2.75) is 50.6 Å². The molecule has 1 spiro atoms. The first-order valence-corrected chi connectivity index (χ1v) is 15.1. The molecule has 7 rings (SSSR count). The molecule has 4 aliphatic heterocycles. The van der Waals surface area contributed by atoms with Crippen LogP contribution in [-0.2, 0) is 9.59 Å². The number of nitrogens with zero attached hydrogens (tertiary/aromatic N) is 6. The first-order chi connectivity index (χ1) is 21.1. The van der Waals surface area contributed by atoms with E-state index >= 15 is 4.39 Å². The number of imide groups is 2. The number of carbonyl (C=O) groups excluding carboxylic acids is 5. The number of anilines is 2. The first kappa shape index (κ1) is 28.3. The van der Waals surface area contributed by atoms with Gasteiger partial charge in [-0.05, 0) is 61.8 Å². The van der Waals surface area contributed by atoms with Crippen molar-refractivity contribution in [2.75, 3.05) is 49.1 Å². The van der Waals surface area contributed by atoms with Crippen LogP contribution in [0.4, 0.5) is 15.9 Å². The van der Waals surface area contributed by atoms with Crippen molar-refractivity contribution in [1.82, 2.24) is 25.3 Å². The fourth-order valence-electron chi connectivity index (χ4n) is 7.49. The third kappa shape index (κ3) is 4.77. The molecule has 230 valence electrons. The number of halogens is 1. The summed E-state index contributed by atoms with van der Waals surface area (Å²) in [5, 5.41) is 10.2. The molecular formula is C30H33FN8O5. The molecule has 1 aromatic carbocycles. The monoisotopic (exact) mass is 604 g/mol. The van der Waals surface area contributed by atoms with E-state index in [0.29, 0.717) is 24.8 Å². The van der Waals surface area contributed by atoms with Crippen molar-refractivity contribution in [3.63, 3.8) is 0 Å². The zero-order valence-corrected chi connectivity index (χ0v) is 24.1. The van der Waals surface area contributed by atoms with Gasteiger partial charge in [-0.1, -0.05) is 0 Å². The highest BCUT2D eigenvalue weighted by atomic mass is 19.1. The molecule has 5 aliphatic rings. The number of hydrogen-bond donors (Lipinski definition) is 2. The van der Waals surface area contributed by atoms with Crippen LogP contribution in [0.15, 0.2) is 24.3 Å². The van der Waals surface area contributed by atoms with Gasteiger partial charge in [0.1, 0.15) is 11.9 Å². The van der Waals surface area contributed by atoms with E-state index in [0.717, 1.165) is 68.6 Å². The standard InChI is InChI=1S/C30H33FN8O5/c31-20-13-18-19(29(44)39(28(18)43)22-2-4-25(40)33-27(22)42)14-23(20)37-7-5-30(6-8-37)15-17(16-30)36-9-11-38(12-10-36)24-3-1-21(26(32)41)34-35-24/h1,3,13-14,17,22H,2,4-12,15-16H2,(H2,32,41)(H,33,40,42). The Morgan fingerprint density at radius 2 is 1.59 bits per heavy atom. The Morgan fingerprint density at radius 3 is 2.20 bits per heavy atom. The minimum atomic E-state index is -1.08. The molecular weight excluding hydrogens is 571 g/mol. The summed E-state index contributed by atoms with van der Waals surface area (Å²) in [6.07, 6.45) is 4.09. The van der Waals surface area contributed by atoms with Crippen LogP contribution in [0.2, 0.25) is 0 Å². The third-order valence-corrected chi connectivity index (χ3v) is 10.1. The lowest BCUT2D eigenvalue weighted by Crippen LogP contribution is -2.59. The number of benzene rings is 1. The van der Waals surface area contributed by atoms with Gasteiger partial charge in [0.2, 0.25) is 11.8 Å². The molecule has 1 aromatic heterocycles. The Balaban J connectivity index is 0.941. The van der Waals surface area contributed by atoms with Gasteiger partial charge < -0.3 is 15.5 Å². The van der Waals surface area contributed by atoms with Gasteiger partial charge in [0, 0.05) is 51.7 Å². The van der Waals surface area contributed by atoms with Gasteiger partial charge in [-0.15, -0.1) is 10.2 Å². The average Bonchev–Trinajstić information content (AvgIpc) is 3.24. The lowest BCUT2D eigenvalue weighted by molar-refractivity contribution is -0.136. The van der Waals surface area contributed by atoms with Crippen molar-refractivity contribution in [1.29, 1.82) is 0 Å². The summed E-state index contributed by atoms with van der Waals surface area (Å²) >= 11 is 0. The first-order valence-electron chi connectivity index (χ1n) is 15.1. The summed E-state index contributed by atoms with van der Waals surface area (Å²) in [5.74, 6) is -2.90. The molecule has 14 heteroatoms. The molecule has 5 heterocycles. The van der Waals surface area contributed by atoms with E-state index in [1.165, 1.54) is 6.07 Å². The van der Waals surface area contributed by atoms with Crippen LogP contribution >= 0.6 is 0 Å². The second-order valence-corrected chi connectivity index (χ2v) is 12.5. The molecule has 1 unspecified atom stereocenters. The van der Waals surface area contributed by atoms with Crippen LogP contribution in [0.5, 0.6) is 0 Å². The molecule has 3 N–H and O–H groups in total. The van der Waals surface area contributed by atoms with Crippen LogP contribution in [0.25, 0.3) is 0 Å². The number of piperidine rings is 2. The quantitative estimate of drug-likeness (QED) is 0.465. The highest BCUT2D eigenvalue weighted by molar-refractivity contribution is 6.23. The molecule has 4 fully saturated rings. The SMILES string of the molecule is NC(=O)c1ccc(N2CCN(C3CC4(CCN(c5cc6c(cc5F)C(=O)N(C5CCC(=O)NC5=O)C6=O)CC4)C3)CC2)nn1. The Morgan fingerprint density at radius 1 is 0.909 bits per heavy atom. The molecule has 2 aromatic rings. The van der Waals surface area contributed by atoms with Gasteiger partial charge in [-0.2, -0.15) is 0 Å². The summed E-state index contributed by atoms with van der Waals surface area (Å²) < 4.78 is 15.3. The summed E-state index contributed by atoms with van der Waals surface area (Å²) in [4.78, 5) is 68.9. The molecule has 5 amide bonds. The lowest BCUT2D eigenvalue weighted by atomic mass is 9.60. The Kier molecular flexibility index (Phi) is 6.83. The number of aromatic nitrogens is 2. The smallest absolute Gasteiger partial charge is 0.269 e. The number of rotatable bonds is 5. The van der Waals surface area contributed by atoms with Crippen LogP contribution < -0.4 is 20.9 Å². The predicted molar refractivity (Wildman–Crippen MR) is 154 cm³/mol. The molecule has 1 saturated carbocycles. The summed E-state index contributed by atoms with van der Waals surface area (Å²) in [7, 11) is 0. The zero-order valence-electron chi connectivity index (χ0n) is 24.1. The average molecular weight is 605 g/mol. The van der Waals surface area contributed by atoms with Gasteiger partial charge in [0.05, 0.1) is 16.8 Å². The second-order valence-electron chi connectivity index (χ2n) is 12.5. The van der Waals surface area contributed by atoms with Crippen LogP contribution in [0.1, 0.15) is 69.7 Å². The Labute approximate surface area is 252 Å². The number of fused-ring (bicyclic) bond motifs is 1. The van der Waals surface area contributed by atoms with Crippen molar-refractivity contribution in [3.8, 4) is 0 Å². The van der Waals surface area contributed by atoms with Crippen LogP contribution in [-0.4, -0.2) is 101 Å². The highest BCUT2D eigenvalue weighted by Crippen LogP contribution is 2.51. The fourth-order valence-corrected chi connectivity index (χ4v) is 7.49. The second kappa shape index (κ2) is 10.6. The topological polar surface area (TPSA) is 162 Å². The van der Waals surface area contributed by atoms with E-state index in [4.69, 9.17) is 5.73 Å². The number of piperazine rings is 1. The summed E-state index contributed by atoms with van der Waals surface area (Å²) in [5.41, 5.74) is 5.96. The maximum atomic E-state index is 15.3. The van der Waals surface area contributed by atoms with Gasteiger partial charge in [0.25, 0.3) is 17.7 Å². The van der Waals surface area contributed by atoms with Crippen LogP contribution in [0, 0.1) is 11.2 Å². The molecule has 1 atom stereocenters. The number of amides is 5. The number of primary amides is 1. The van der Waals surface area contributed by atoms with Gasteiger partial charge in [0.15, 0.2) is 11.5 Å². The van der Waals surface area contributed by atoms with E-state index in [1.807, 2.05) is 4.90 Å². The molecule has 0 radical (unpaired) electrons. The maximum absolute atomic E-state index is 15.3. The Bertz CT molecular complexity index is 1560. The van der Waals surface area contributed by atoms with Crippen molar-refractivity contribution in [2.24, 2.45) is 11.1 Å². The molecule has 1 aliphatic carbocycles. The number of nitrogens with two attached hydrogens (primary N) is 1. The van der Waals surface area contributed by atoms with Gasteiger partial charge in [-0.3, -0.25) is 39.1 Å². The molecule has 3 saturated heterocycles. The van der Waals surface area contributed by atoms with Crippen LogP contribution in [0.3, 0.4) is 0 Å². The highest BCUT2D eigenvalue weighted by Gasteiger charge is 2.49. The van der Waals surface area contributed by atoms with E-state index in [9.17, 15) is 24.0 Å². The van der Waals surface area contributed by atoms with Crippen molar-refractivity contribution < 1.29 is 28.4 Å². The maximum Gasteiger partial charge on any atom is 0.269 e. The van der Waals surface area contributed by atoms with Gasteiger partial charge in [-0.25, -0.2) is 4.39 Å².